The third kappa shape index (κ3) is 3.48. The molecule has 0 saturated heterocycles. The summed E-state index contributed by atoms with van der Waals surface area (Å²) in [7, 11) is 1.66. The Kier molecular flexibility index (Phi) is 4.42. The Labute approximate surface area is 114 Å². The predicted octanol–water partition coefficient (Wildman–Crippen LogP) is 3.29. The van der Waals surface area contributed by atoms with E-state index in [1.807, 2.05) is 55.5 Å². The lowest BCUT2D eigenvalue weighted by atomic mass is 10.1. The maximum absolute atomic E-state index is 5.86. The lowest BCUT2D eigenvalue weighted by molar-refractivity contribution is 0.296. The van der Waals surface area contributed by atoms with E-state index in [-0.39, 0.29) is 6.04 Å². The molecule has 0 spiro atoms. The van der Waals surface area contributed by atoms with Crippen LogP contribution < -0.4 is 15.2 Å². The number of ether oxygens (including phenoxy) is 2. The van der Waals surface area contributed by atoms with Crippen LogP contribution in [-0.2, 0) is 6.61 Å². The molecule has 3 heteroatoms. The summed E-state index contributed by atoms with van der Waals surface area (Å²) in [6.07, 6.45) is 0. The summed E-state index contributed by atoms with van der Waals surface area (Å²) in [4.78, 5) is 0. The van der Waals surface area contributed by atoms with Crippen LogP contribution in [0.15, 0.2) is 48.5 Å². The molecule has 0 unspecified atom stereocenters. The molecule has 3 nitrogen and oxygen atoms in total. The Balaban J connectivity index is 2.08. The summed E-state index contributed by atoms with van der Waals surface area (Å²) in [5.74, 6) is 1.66. The third-order valence-corrected chi connectivity index (χ3v) is 2.97. The number of methoxy groups -OCH3 is 1. The first-order chi connectivity index (χ1) is 9.20. The van der Waals surface area contributed by atoms with Crippen molar-refractivity contribution in [3.63, 3.8) is 0 Å². The van der Waals surface area contributed by atoms with Gasteiger partial charge in [0.2, 0.25) is 0 Å². The highest BCUT2D eigenvalue weighted by Crippen LogP contribution is 2.22. The second-order valence-corrected chi connectivity index (χ2v) is 4.46. The van der Waals surface area contributed by atoms with Gasteiger partial charge in [-0.2, -0.15) is 0 Å². The quantitative estimate of drug-likeness (QED) is 0.893. The molecule has 0 bridgehead atoms. The van der Waals surface area contributed by atoms with E-state index in [4.69, 9.17) is 15.2 Å². The summed E-state index contributed by atoms with van der Waals surface area (Å²) in [6.45, 7) is 2.44. The van der Waals surface area contributed by atoms with E-state index in [0.717, 1.165) is 22.6 Å². The van der Waals surface area contributed by atoms with E-state index in [1.165, 1.54) is 0 Å². The van der Waals surface area contributed by atoms with Gasteiger partial charge in [-0.25, -0.2) is 0 Å². The van der Waals surface area contributed by atoms with E-state index in [9.17, 15) is 0 Å². The number of rotatable bonds is 5. The average molecular weight is 257 g/mol. The van der Waals surface area contributed by atoms with Crippen LogP contribution >= 0.6 is 0 Å². The summed E-state index contributed by atoms with van der Waals surface area (Å²) >= 11 is 0. The average Bonchev–Trinajstić information content (AvgIpc) is 2.45. The molecular weight excluding hydrogens is 238 g/mol. The second kappa shape index (κ2) is 6.25. The van der Waals surface area contributed by atoms with Crippen molar-refractivity contribution in [1.29, 1.82) is 0 Å². The van der Waals surface area contributed by atoms with Gasteiger partial charge >= 0.3 is 0 Å². The van der Waals surface area contributed by atoms with Crippen molar-refractivity contribution < 1.29 is 9.47 Å². The van der Waals surface area contributed by atoms with Crippen LogP contribution in [0.25, 0.3) is 0 Å². The van der Waals surface area contributed by atoms with Crippen molar-refractivity contribution in [3.8, 4) is 11.5 Å². The normalized spacial score (nSPS) is 11.9. The fourth-order valence-electron chi connectivity index (χ4n) is 1.87. The van der Waals surface area contributed by atoms with Crippen LogP contribution in [0.5, 0.6) is 11.5 Å². The molecule has 0 amide bonds. The minimum Gasteiger partial charge on any atom is -0.496 e. The maximum atomic E-state index is 5.86. The Morgan fingerprint density at radius 3 is 2.63 bits per heavy atom. The summed E-state index contributed by atoms with van der Waals surface area (Å²) in [5, 5.41) is 0. The Bertz CT molecular complexity index is 538. The molecule has 100 valence electrons. The minimum absolute atomic E-state index is 0.00908. The van der Waals surface area contributed by atoms with Gasteiger partial charge in [0.15, 0.2) is 0 Å². The van der Waals surface area contributed by atoms with Gasteiger partial charge in [0.05, 0.1) is 7.11 Å². The topological polar surface area (TPSA) is 44.5 Å². The number of para-hydroxylation sites is 1. The molecule has 0 aliphatic heterocycles. The number of hydrogen-bond donors (Lipinski definition) is 1. The SMILES string of the molecule is COc1ccccc1COc1cccc([C@H](C)N)c1. The standard InChI is InChI=1S/C16H19NO2/c1-12(17)13-7-5-8-15(10-13)19-11-14-6-3-4-9-16(14)18-2/h3-10,12H,11,17H2,1-2H3/t12-/m0/s1. The van der Waals surface area contributed by atoms with Gasteiger partial charge in [-0.05, 0) is 30.7 Å². The number of nitrogens with two attached hydrogens (primary N) is 1. The van der Waals surface area contributed by atoms with Crippen LogP contribution in [0, 0.1) is 0 Å². The van der Waals surface area contributed by atoms with Gasteiger partial charge in [0.25, 0.3) is 0 Å². The van der Waals surface area contributed by atoms with Gasteiger partial charge in [0.1, 0.15) is 18.1 Å². The monoisotopic (exact) mass is 257 g/mol. The van der Waals surface area contributed by atoms with E-state index in [1.54, 1.807) is 7.11 Å². The van der Waals surface area contributed by atoms with E-state index >= 15 is 0 Å². The highest BCUT2D eigenvalue weighted by atomic mass is 16.5. The van der Waals surface area contributed by atoms with Crippen LogP contribution in [0.2, 0.25) is 0 Å². The lowest BCUT2D eigenvalue weighted by Crippen LogP contribution is -2.05. The molecule has 2 rings (SSSR count). The third-order valence-electron chi connectivity index (χ3n) is 2.97. The zero-order valence-electron chi connectivity index (χ0n) is 11.3. The van der Waals surface area contributed by atoms with Crippen LogP contribution in [-0.4, -0.2) is 7.11 Å². The predicted molar refractivity (Wildman–Crippen MR) is 76.4 cm³/mol. The molecule has 0 radical (unpaired) electrons. The minimum atomic E-state index is 0.00908. The zero-order valence-corrected chi connectivity index (χ0v) is 11.3. The fourth-order valence-corrected chi connectivity index (χ4v) is 1.87. The largest absolute Gasteiger partial charge is 0.496 e. The summed E-state index contributed by atoms with van der Waals surface area (Å²) in [5.41, 5.74) is 7.95. The van der Waals surface area contributed by atoms with E-state index in [2.05, 4.69) is 0 Å². The van der Waals surface area contributed by atoms with Gasteiger partial charge < -0.3 is 15.2 Å². The fraction of sp³-hybridized carbons (Fsp3) is 0.250. The zero-order chi connectivity index (χ0) is 13.7. The lowest BCUT2D eigenvalue weighted by Gasteiger charge is -2.12. The molecule has 1 atom stereocenters. The van der Waals surface area contributed by atoms with Gasteiger partial charge in [-0.1, -0.05) is 30.3 Å². The van der Waals surface area contributed by atoms with Crippen LogP contribution in [0.3, 0.4) is 0 Å². The van der Waals surface area contributed by atoms with Gasteiger partial charge in [-0.15, -0.1) is 0 Å². The number of benzene rings is 2. The smallest absolute Gasteiger partial charge is 0.125 e. The Morgan fingerprint density at radius 2 is 1.89 bits per heavy atom. The second-order valence-electron chi connectivity index (χ2n) is 4.46. The summed E-state index contributed by atoms with van der Waals surface area (Å²) in [6, 6.07) is 15.7. The molecule has 2 N–H and O–H groups in total. The first-order valence-corrected chi connectivity index (χ1v) is 6.31. The maximum Gasteiger partial charge on any atom is 0.125 e. The van der Waals surface area contributed by atoms with Crippen molar-refractivity contribution >= 4 is 0 Å². The molecule has 2 aromatic carbocycles. The molecule has 0 aromatic heterocycles. The molecule has 0 fully saturated rings. The van der Waals surface area contributed by atoms with Crippen LogP contribution in [0.4, 0.5) is 0 Å². The van der Waals surface area contributed by atoms with Crippen molar-refractivity contribution in [1.82, 2.24) is 0 Å². The first-order valence-electron chi connectivity index (χ1n) is 6.31. The molecule has 0 aliphatic carbocycles. The molecule has 2 aromatic rings. The van der Waals surface area contributed by atoms with Crippen molar-refractivity contribution in [3.05, 3.63) is 59.7 Å². The Morgan fingerprint density at radius 1 is 1.11 bits per heavy atom. The molecular formula is C16H19NO2. The van der Waals surface area contributed by atoms with Crippen molar-refractivity contribution in [2.75, 3.05) is 7.11 Å². The van der Waals surface area contributed by atoms with Crippen molar-refractivity contribution in [2.24, 2.45) is 5.73 Å². The Hall–Kier alpha value is -2.00. The highest BCUT2D eigenvalue weighted by Gasteiger charge is 2.04. The van der Waals surface area contributed by atoms with E-state index in [0.29, 0.717) is 6.61 Å². The van der Waals surface area contributed by atoms with Gasteiger partial charge in [-0.3, -0.25) is 0 Å². The van der Waals surface area contributed by atoms with Gasteiger partial charge in [0, 0.05) is 11.6 Å². The first kappa shape index (κ1) is 13.4. The molecule has 19 heavy (non-hydrogen) atoms. The number of hydrogen-bond acceptors (Lipinski definition) is 3. The molecule has 0 aliphatic rings. The van der Waals surface area contributed by atoms with Crippen molar-refractivity contribution in [2.45, 2.75) is 19.6 Å². The van der Waals surface area contributed by atoms with E-state index < -0.39 is 0 Å². The molecule has 0 saturated carbocycles. The van der Waals surface area contributed by atoms with Crippen LogP contribution in [0.1, 0.15) is 24.1 Å². The summed E-state index contributed by atoms with van der Waals surface area (Å²) < 4.78 is 11.1. The highest BCUT2D eigenvalue weighted by molar-refractivity contribution is 5.34. The molecule has 0 heterocycles.